The Hall–Kier alpha value is -3.26. The SMILES string of the molecule is O=C1O[C@](Nc2ncc([N+](=O)[O-])s2)(c2ccccc2)c2ccccc21. The average Bonchev–Trinajstić information content (AvgIpc) is 3.21. The van der Waals surface area contributed by atoms with Gasteiger partial charge in [0.1, 0.15) is 6.20 Å². The Bertz CT molecular complexity index is 973. The molecule has 1 aromatic heterocycles. The van der Waals surface area contributed by atoms with Crippen LogP contribution in [-0.4, -0.2) is 15.9 Å². The summed E-state index contributed by atoms with van der Waals surface area (Å²) in [7, 11) is 0. The van der Waals surface area contributed by atoms with Gasteiger partial charge in [0.2, 0.25) is 5.72 Å². The summed E-state index contributed by atoms with van der Waals surface area (Å²) < 4.78 is 5.73. The van der Waals surface area contributed by atoms with E-state index in [1.807, 2.05) is 36.4 Å². The molecule has 1 N–H and O–H groups in total. The number of nitrogens with one attached hydrogen (secondary N) is 1. The van der Waals surface area contributed by atoms with E-state index in [0.29, 0.717) is 21.8 Å². The van der Waals surface area contributed by atoms with Crippen molar-refractivity contribution in [1.82, 2.24) is 4.98 Å². The molecule has 1 aliphatic heterocycles. The van der Waals surface area contributed by atoms with E-state index in [2.05, 4.69) is 10.3 Å². The summed E-state index contributed by atoms with van der Waals surface area (Å²) in [5.41, 5.74) is 0.515. The summed E-state index contributed by atoms with van der Waals surface area (Å²) in [5, 5.41) is 14.2. The Labute approximate surface area is 146 Å². The van der Waals surface area contributed by atoms with Gasteiger partial charge in [0, 0.05) is 11.1 Å². The smallest absolute Gasteiger partial charge is 0.345 e. The van der Waals surface area contributed by atoms with Crippen molar-refractivity contribution in [3.8, 4) is 0 Å². The summed E-state index contributed by atoms with van der Waals surface area (Å²) in [6.45, 7) is 0. The Morgan fingerprint density at radius 1 is 1.12 bits per heavy atom. The predicted molar refractivity (Wildman–Crippen MR) is 91.5 cm³/mol. The number of ether oxygens (including phenoxy) is 1. The van der Waals surface area contributed by atoms with Gasteiger partial charge in [-0.15, -0.1) is 0 Å². The number of benzene rings is 2. The number of esters is 1. The van der Waals surface area contributed by atoms with Crippen molar-refractivity contribution in [3.63, 3.8) is 0 Å². The number of fused-ring (bicyclic) bond motifs is 1. The Kier molecular flexibility index (Phi) is 3.47. The molecule has 0 amide bonds. The average molecular weight is 353 g/mol. The number of aromatic nitrogens is 1. The lowest BCUT2D eigenvalue weighted by Crippen LogP contribution is -2.36. The number of hydrogen-bond acceptors (Lipinski definition) is 7. The molecular formula is C17H11N3O4S. The minimum atomic E-state index is -1.28. The number of carbonyl (C=O) groups is 1. The van der Waals surface area contributed by atoms with E-state index < -0.39 is 16.6 Å². The van der Waals surface area contributed by atoms with Gasteiger partial charge < -0.3 is 10.1 Å². The van der Waals surface area contributed by atoms with Crippen LogP contribution in [0.25, 0.3) is 0 Å². The van der Waals surface area contributed by atoms with Crippen LogP contribution in [-0.2, 0) is 10.5 Å². The molecule has 0 aliphatic carbocycles. The molecule has 0 fully saturated rings. The molecule has 2 heterocycles. The molecule has 8 heteroatoms. The third-order valence-corrected chi connectivity index (χ3v) is 4.77. The van der Waals surface area contributed by atoms with Gasteiger partial charge in [0.25, 0.3) is 0 Å². The summed E-state index contributed by atoms with van der Waals surface area (Å²) in [6, 6.07) is 16.2. The highest BCUT2D eigenvalue weighted by Crippen LogP contribution is 2.43. The summed E-state index contributed by atoms with van der Waals surface area (Å²) in [4.78, 5) is 26.8. The molecule has 1 aliphatic rings. The Morgan fingerprint density at radius 3 is 2.56 bits per heavy atom. The topological polar surface area (TPSA) is 94.4 Å². The lowest BCUT2D eigenvalue weighted by atomic mass is 9.93. The number of nitrogens with zero attached hydrogens (tertiary/aromatic N) is 2. The highest BCUT2D eigenvalue weighted by atomic mass is 32.1. The van der Waals surface area contributed by atoms with Crippen molar-refractivity contribution >= 4 is 27.4 Å². The maximum absolute atomic E-state index is 12.4. The van der Waals surface area contributed by atoms with Crippen LogP contribution in [0.4, 0.5) is 10.1 Å². The molecule has 2 aromatic carbocycles. The summed E-state index contributed by atoms with van der Waals surface area (Å²) >= 11 is 0.884. The molecule has 0 saturated carbocycles. The van der Waals surface area contributed by atoms with Gasteiger partial charge in [-0.25, -0.2) is 9.78 Å². The predicted octanol–water partition coefficient (Wildman–Crippen LogP) is 3.53. The largest absolute Gasteiger partial charge is 0.427 e. The third kappa shape index (κ3) is 2.43. The van der Waals surface area contributed by atoms with E-state index in [1.54, 1.807) is 18.2 Å². The molecular weight excluding hydrogens is 342 g/mol. The van der Waals surface area contributed by atoms with E-state index in [-0.39, 0.29) is 5.00 Å². The fraction of sp³-hybridized carbons (Fsp3) is 0.0588. The van der Waals surface area contributed by atoms with Crippen molar-refractivity contribution in [1.29, 1.82) is 0 Å². The third-order valence-electron chi connectivity index (χ3n) is 3.91. The van der Waals surface area contributed by atoms with Gasteiger partial charge in [-0.2, -0.15) is 0 Å². The van der Waals surface area contributed by atoms with Crippen LogP contribution in [0.5, 0.6) is 0 Å². The highest BCUT2D eigenvalue weighted by Gasteiger charge is 2.47. The first-order valence-electron chi connectivity index (χ1n) is 7.37. The molecule has 0 saturated heterocycles. The summed E-state index contributed by atoms with van der Waals surface area (Å²) in [5.74, 6) is -0.460. The van der Waals surface area contributed by atoms with Crippen molar-refractivity contribution in [2.45, 2.75) is 5.72 Å². The molecule has 25 heavy (non-hydrogen) atoms. The van der Waals surface area contributed by atoms with E-state index in [0.717, 1.165) is 11.3 Å². The van der Waals surface area contributed by atoms with Gasteiger partial charge in [0.05, 0.1) is 10.5 Å². The van der Waals surface area contributed by atoms with E-state index in [4.69, 9.17) is 4.74 Å². The quantitative estimate of drug-likeness (QED) is 0.438. The van der Waals surface area contributed by atoms with E-state index in [1.165, 1.54) is 6.20 Å². The maximum Gasteiger partial charge on any atom is 0.345 e. The normalized spacial score (nSPS) is 18.5. The van der Waals surface area contributed by atoms with Gasteiger partial charge >= 0.3 is 11.0 Å². The number of carbonyl (C=O) groups excluding carboxylic acids is 1. The second-order valence-electron chi connectivity index (χ2n) is 5.37. The number of anilines is 1. The van der Waals surface area contributed by atoms with Crippen LogP contribution in [0.1, 0.15) is 21.5 Å². The first kappa shape index (κ1) is 15.3. The number of thiazole rings is 1. The number of cyclic esters (lactones) is 1. The van der Waals surface area contributed by atoms with Gasteiger partial charge in [-0.05, 0) is 17.4 Å². The first-order valence-corrected chi connectivity index (χ1v) is 8.18. The molecule has 0 radical (unpaired) electrons. The second-order valence-corrected chi connectivity index (χ2v) is 6.38. The second kappa shape index (κ2) is 5.67. The maximum atomic E-state index is 12.4. The minimum Gasteiger partial charge on any atom is -0.427 e. The van der Waals surface area contributed by atoms with Crippen LogP contribution < -0.4 is 5.32 Å². The molecule has 7 nitrogen and oxygen atoms in total. The lowest BCUT2D eigenvalue weighted by Gasteiger charge is -2.30. The van der Waals surface area contributed by atoms with Crippen LogP contribution in [0.3, 0.4) is 0 Å². The highest BCUT2D eigenvalue weighted by molar-refractivity contribution is 7.18. The Balaban J connectivity index is 1.86. The number of rotatable bonds is 4. The minimum absolute atomic E-state index is 0.0941. The summed E-state index contributed by atoms with van der Waals surface area (Å²) in [6.07, 6.45) is 1.17. The molecule has 124 valence electrons. The Morgan fingerprint density at radius 2 is 1.84 bits per heavy atom. The van der Waals surface area contributed by atoms with E-state index in [9.17, 15) is 14.9 Å². The molecule has 0 spiro atoms. The molecule has 0 bridgehead atoms. The standard InChI is InChI=1S/C17H11N3O4S/c21-15-12-8-4-5-9-13(12)17(24-15,11-6-2-1-3-7-11)19-16-18-10-14(25-16)20(22)23/h1-10H,(H,18,19)/t17-/m1/s1. The number of nitro groups is 1. The van der Waals surface area contributed by atoms with Crippen molar-refractivity contribution < 1.29 is 14.5 Å². The van der Waals surface area contributed by atoms with Crippen LogP contribution in [0.2, 0.25) is 0 Å². The lowest BCUT2D eigenvalue weighted by molar-refractivity contribution is -0.380. The fourth-order valence-electron chi connectivity index (χ4n) is 2.83. The zero-order chi connectivity index (χ0) is 17.4. The van der Waals surface area contributed by atoms with Crippen molar-refractivity contribution in [2.75, 3.05) is 5.32 Å². The zero-order valence-electron chi connectivity index (χ0n) is 12.7. The van der Waals surface area contributed by atoms with Crippen molar-refractivity contribution in [2.24, 2.45) is 0 Å². The molecule has 0 unspecified atom stereocenters. The molecule has 3 aromatic rings. The van der Waals surface area contributed by atoms with Crippen LogP contribution in [0.15, 0.2) is 60.8 Å². The van der Waals surface area contributed by atoms with Crippen LogP contribution >= 0.6 is 11.3 Å². The van der Waals surface area contributed by atoms with Gasteiger partial charge in [0.15, 0.2) is 5.13 Å². The first-order chi connectivity index (χ1) is 12.1. The molecule has 1 atom stereocenters. The monoisotopic (exact) mass is 353 g/mol. The van der Waals surface area contributed by atoms with Crippen LogP contribution in [0, 0.1) is 10.1 Å². The van der Waals surface area contributed by atoms with Gasteiger partial charge in [-0.3, -0.25) is 10.1 Å². The van der Waals surface area contributed by atoms with Gasteiger partial charge in [-0.1, -0.05) is 48.5 Å². The number of hydrogen-bond donors (Lipinski definition) is 1. The zero-order valence-corrected chi connectivity index (χ0v) is 13.5. The van der Waals surface area contributed by atoms with Crippen molar-refractivity contribution in [3.05, 3.63) is 87.6 Å². The van der Waals surface area contributed by atoms with E-state index >= 15 is 0 Å². The fourth-order valence-corrected chi connectivity index (χ4v) is 3.51. The molecule has 4 rings (SSSR count).